The number of nitrogens with one attached hydrogen (secondary N) is 1. The lowest BCUT2D eigenvalue weighted by atomic mass is 10.2. The molecule has 2 aromatic rings. The number of rotatable bonds is 4. The Hall–Kier alpha value is -1.29. The van der Waals surface area contributed by atoms with Gasteiger partial charge in [0.25, 0.3) is 0 Å². The van der Waals surface area contributed by atoms with E-state index in [0.29, 0.717) is 5.25 Å². The lowest BCUT2D eigenvalue weighted by Crippen LogP contribution is -2.13. The maximum Gasteiger partial charge on any atom is 0.137 e. The van der Waals surface area contributed by atoms with Gasteiger partial charge in [0.05, 0.1) is 5.52 Å². The second-order valence-corrected chi connectivity index (χ2v) is 4.94. The van der Waals surface area contributed by atoms with E-state index >= 15 is 0 Å². The molecule has 0 radical (unpaired) electrons. The molecular formula is C12H15N3S. The number of thioether (sulfide) groups is 1. The van der Waals surface area contributed by atoms with Gasteiger partial charge in [-0.15, -0.1) is 0 Å². The molecule has 1 aromatic heterocycles. The molecule has 0 aliphatic heterocycles. The molecule has 0 spiro atoms. The zero-order chi connectivity index (χ0) is 11.4. The summed E-state index contributed by atoms with van der Waals surface area (Å²) in [7, 11) is 0. The first-order valence-corrected chi connectivity index (χ1v) is 6.56. The monoisotopic (exact) mass is 233 g/mol. The predicted molar refractivity (Wildman–Crippen MR) is 71.0 cm³/mol. The molecule has 4 heteroatoms. The Morgan fingerprint density at radius 3 is 2.94 bits per heavy atom. The average Bonchev–Trinajstić information content (AvgIpc) is 2.35. The number of benzene rings is 1. The number of anilines is 1. The number of hydrogen-bond acceptors (Lipinski definition) is 4. The summed E-state index contributed by atoms with van der Waals surface area (Å²) in [4.78, 5) is 8.51. The highest BCUT2D eigenvalue weighted by molar-refractivity contribution is 7.99. The highest BCUT2D eigenvalue weighted by Crippen LogP contribution is 2.18. The van der Waals surface area contributed by atoms with Crippen LogP contribution in [0.4, 0.5) is 5.82 Å². The van der Waals surface area contributed by atoms with Gasteiger partial charge in [-0.1, -0.05) is 19.1 Å². The number of fused-ring (bicyclic) bond motifs is 1. The zero-order valence-corrected chi connectivity index (χ0v) is 10.3. The smallest absolute Gasteiger partial charge is 0.137 e. The fourth-order valence-corrected chi connectivity index (χ4v) is 1.72. The topological polar surface area (TPSA) is 37.8 Å². The number of aromatic nitrogens is 2. The summed E-state index contributed by atoms with van der Waals surface area (Å²) in [5, 5.41) is 5.03. The molecule has 3 nitrogen and oxygen atoms in total. The van der Waals surface area contributed by atoms with Crippen LogP contribution in [0.1, 0.15) is 6.92 Å². The first kappa shape index (κ1) is 11.2. The quantitative estimate of drug-likeness (QED) is 0.881. The van der Waals surface area contributed by atoms with Crippen LogP contribution in [0.3, 0.4) is 0 Å². The Morgan fingerprint density at radius 1 is 1.31 bits per heavy atom. The van der Waals surface area contributed by atoms with Gasteiger partial charge < -0.3 is 5.32 Å². The summed E-state index contributed by atoms with van der Waals surface area (Å²) >= 11 is 1.84. The van der Waals surface area contributed by atoms with Gasteiger partial charge >= 0.3 is 0 Å². The predicted octanol–water partition coefficient (Wildman–Crippen LogP) is 2.79. The molecule has 0 saturated heterocycles. The highest BCUT2D eigenvalue weighted by atomic mass is 32.2. The van der Waals surface area contributed by atoms with Crippen molar-refractivity contribution >= 4 is 28.5 Å². The van der Waals surface area contributed by atoms with Crippen LogP contribution in [0, 0.1) is 0 Å². The molecule has 0 saturated carbocycles. The summed E-state index contributed by atoms with van der Waals surface area (Å²) in [6, 6.07) is 8.04. The Balaban J connectivity index is 2.23. The van der Waals surface area contributed by atoms with Crippen LogP contribution in [-0.4, -0.2) is 28.0 Å². The third kappa shape index (κ3) is 2.44. The van der Waals surface area contributed by atoms with Crippen molar-refractivity contribution in [1.29, 1.82) is 0 Å². The Bertz CT molecular complexity index is 467. The van der Waals surface area contributed by atoms with E-state index in [4.69, 9.17) is 0 Å². The van der Waals surface area contributed by atoms with E-state index in [2.05, 4.69) is 28.5 Å². The standard InChI is InChI=1S/C12H15N3S/c1-9(16-2)7-13-12-10-5-3-4-6-11(10)14-8-15-12/h3-6,8-9H,7H2,1-2H3,(H,13,14,15). The minimum atomic E-state index is 0.578. The second kappa shape index (κ2) is 5.16. The van der Waals surface area contributed by atoms with Crippen molar-refractivity contribution < 1.29 is 0 Å². The summed E-state index contributed by atoms with van der Waals surface area (Å²) in [5.41, 5.74) is 0.983. The van der Waals surface area contributed by atoms with Crippen LogP contribution in [0.25, 0.3) is 10.9 Å². The van der Waals surface area contributed by atoms with Gasteiger partial charge in [0.1, 0.15) is 12.1 Å². The van der Waals surface area contributed by atoms with Crippen molar-refractivity contribution in [3.63, 3.8) is 0 Å². The molecule has 84 valence electrons. The average molecular weight is 233 g/mol. The zero-order valence-electron chi connectivity index (χ0n) is 9.47. The van der Waals surface area contributed by atoms with Crippen molar-refractivity contribution in [2.45, 2.75) is 12.2 Å². The van der Waals surface area contributed by atoms with Gasteiger partial charge in [-0.3, -0.25) is 0 Å². The number of para-hydroxylation sites is 1. The van der Waals surface area contributed by atoms with Crippen LogP contribution in [-0.2, 0) is 0 Å². The lowest BCUT2D eigenvalue weighted by Gasteiger charge is -2.11. The maximum absolute atomic E-state index is 4.28. The van der Waals surface area contributed by atoms with E-state index in [-0.39, 0.29) is 0 Å². The molecule has 16 heavy (non-hydrogen) atoms. The van der Waals surface area contributed by atoms with Crippen molar-refractivity contribution in [3.8, 4) is 0 Å². The summed E-state index contributed by atoms with van der Waals surface area (Å²) in [6.45, 7) is 3.11. The minimum absolute atomic E-state index is 0.578. The van der Waals surface area contributed by atoms with Crippen molar-refractivity contribution in [1.82, 2.24) is 9.97 Å². The third-order valence-corrected chi connectivity index (χ3v) is 3.47. The third-order valence-electron chi connectivity index (χ3n) is 2.50. The molecule has 1 heterocycles. The van der Waals surface area contributed by atoms with E-state index in [1.165, 1.54) is 0 Å². The SMILES string of the molecule is CSC(C)CNc1ncnc2ccccc12. The second-order valence-electron chi connectivity index (χ2n) is 3.67. The molecule has 0 amide bonds. The van der Waals surface area contributed by atoms with Crippen LogP contribution in [0.15, 0.2) is 30.6 Å². The van der Waals surface area contributed by atoms with Gasteiger partial charge in [-0.2, -0.15) is 11.8 Å². The van der Waals surface area contributed by atoms with Gasteiger partial charge in [0, 0.05) is 17.2 Å². The first-order valence-electron chi connectivity index (χ1n) is 5.27. The van der Waals surface area contributed by atoms with E-state index in [1.54, 1.807) is 6.33 Å². The van der Waals surface area contributed by atoms with Crippen molar-refractivity contribution in [3.05, 3.63) is 30.6 Å². The van der Waals surface area contributed by atoms with Crippen LogP contribution in [0.5, 0.6) is 0 Å². The molecule has 0 bridgehead atoms. The number of nitrogens with zero attached hydrogens (tertiary/aromatic N) is 2. The Morgan fingerprint density at radius 2 is 2.12 bits per heavy atom. The molecule has 1 N–H and O–H groups in total. The molecule has 2 rings (SSSR count). The van der Waals surface area contributed by atoms with Gasteiger partial charge in [0.15, 0.2) is 0 Å². The van der Waals surface area contributed by atoms with E-state index in [1.807, 2.05) is 36.0 Å². The van der Waals surface area contributed by atoms with Crippen LogP contribution in [0.2, 0.25) is 0 Å². The molecular weight excluding hydrogens is 218 g/mol. The molecule has 1 atom stereocenters. The van der Waals surface area contributed by atoms with E-state index < -0.39 is 0 Å². The molecule has 1 unspecified atom stereocenters. The summed E-state index contributed by atoms with van der Waals surface area (Å²) < 4.78 is 0. The van der Waals surface area contributed by atoms with Gasteiger partial charge in [0.2, 0.25) is 0 Å². The molecule has 0 fully saturated rings. The Kier molecular flexibility index (Phi) is 3.62. The molecule has 1 aromatic carbocycles. The van der Waals surface area contributed by atoms with Gasteiger partial charge in [-0.05, 0) is 18.4 Å². The largest absolute Gasteiger partial charge is 0.368 e. The summed E-state index contributed by atoms with van der Waals surface area (Å²) in [5.74, 6) is 0.923. The van der Waals surface area contributed by atoms with Crippen molar-refractivity contribution in [2.75, 3.05) is 18.1 Å². The first-order chi connectivity index (χ1) is 7.81. The normalized spacial score (nSPS) is 12.6. The molecule has 0 aliphatic rings. The van der Waals surface area contributed by atoms with Crippen LogP contribution >= 0.6 is 11.8 Å². The number of hydrogen-bond donors (Lipinski definition) is 1. The minimum Gasteiger partial charge on any atom is -0.368 e. The van der Waals surface area contributed by atoms with Crippen molar-refractivity contribution in [2.24, 2.45) is 0 Å². The Labute approximate surface area is 99.7 Å². The summed E-state index contributed by atoms with van der Waals surface area (Å²) in [6.07, 6.45) is 3.72. The highest BCUT2D eigenvalue weighted by Gasteiger charge is 2.04. The van der Waals surface area contributed by atoms with E-state index in [9.17, 15) is 0 Å². The molecule has 0 aliphatic carbocycles. The van der Waals surface area contributed by atoms with Gasteiger partial charge in [-0.25, -0.2) is 9.97 Å². The maximum atomic E-state index is 4.28. The van der Waals surface area contributed by atoms with E-state index in [0.717, 1.165) is 23.3 Å². The van der Waals surface area contributed by atoms with Crippen LogP contribution < -0.4 is 5.32 Å². The fourth-order valence-electron chi connectivity index (χ4n) is 1.47. The lowest BCUT2D eigenvalue weighted by molar-refractivity contribution is 0.992. The fraction of sp³-hybridized carbons (Fsp3) is 0.333.